The average Bonchev–Trinajstić information content (AvgIpc) is 2.38. The van der Waals surface area contributed by atoms with Gasteiger partial charge in [0.1, 0.15) is 0 Å². The maximum absolute atomic E-state index is 6.75. The zero-order valence-electron chi connectivity index (χ0n) is 11.5. The van der Waals surface area contributed by atoms with Crippen LogP contribution in [0.5, 0.6) is 0 Å². The minimum absolute atomic E-state index is 0.516. The Kier molecular flexibility index (Phi) is 2.92. The molecule has 0 aromatic carbocycles. The van der Waals surface area contributed by atoms with E-state index < -0.39 is 0 Å². The molecule has 5 fully saturated rings. The molecule has 18 heavy (non-hydrogen) atoms. The van der Waals surface area contributed by atoms with Gasteiger partial charge >= 0.3 is 0 Å². The standard InChI is InChI=1S/C16H28N2/c17-16(12-1-3-18-4-2-12)15-13-6-10-5-11(8-13)9-14(15)7-10/h10-16,18H,1-9,17H2. The molecule has 2 heteroatoms. The summed E-state index contributed by atoms with van der Waals surface area (Å²) < 4.78 is 0. The van der Waals surface area contributed by atoms with Crippen molar-refractivity contribution in [2.24, 2.45) is 41.2 Å². The number of rotatable bonds is 2. The average molecular weight is 248 g/mol. The molecule has 5 aliphatic rings. The van der Waals surface area contributed by atoms with Gasteiger partial charge in [0.2, 0.25) is 0 Å². The molecule has 1 atom stereocenters. The van der Waals surface area contributed by atoms with Crippen LogP contribution in [-0.4, -0.2) is 19.1 Å². The van der Waals surface area contributed by atoms with Crippen molar-refractivity contribution in [3.63, 3.8) is 0 Å². The second kappa shape index (κ2) is 4.49. The van der Waals surface area contributed by atoms with Gasteiger partial charge in [-0.3, -0.25) is 0 Å². The van der Waals surface area contributed by atoms with Gasteiger partial charge < -0.3 is 11.1 Å². The fraction of sp³-hybridized carbons (Fsp3) is 1.00. The van der Waals surface area contributed by atoms with Crippen molar-refractivity contribution >= 4 is 0 Å². The van der Waals surface area contributed by atoms with Crippen molar-refractivity contribution in [1.82, 2.24) is 5.32 Å². The monoisotopic (exact) mass is 248 g/mol. The Hall–Kier alpha value is -0.0800. The van der Waals surface area contributed by atoms with Crippen molar-refractivity contribution < 1.29 is 0 Å². The fourth-order valence-corrected chi connectivity index (χ4v) is 6.14. The van der Waals surface area contributed by atoms with Crippen molar-refractivity contribution in [2.75, 3.05) is 13.1 Å². The van der Waals surface area contributed by atoms with Crippen LogP contribution in [0.15, 0.2) is 0 Å². The van der Waals surface area contributed by atoms with E-state index in [9.17, 15) is 0 Å². The van der Waals surface area contributed by atoms with E-state index in [1.54, 1.807) is 6.42 Å². The van der Waals surface area contributed by atoms with Gasteiger partial charge in [0.25, 0.3) is 0 Å². The highest BCUT2D eigenvalue weighted by atomic mass is 14.9. The lowest BCUT2D eigenvalue weighted by molar-refractivity contribution is -0.0560. The summed E-state index contributed by atoms with van der Waals surface area (Å²) >= 11 is 0. The zero-order valence-corrected chi connectivity index (χ0v) is 11.5. The molecule has 0 radical (unpaired) electrons. The molecule has 5 rings (SSSR count). The highest BCUT2D eigenvalue weighted by Gasteiger charge is 2.50. The first-order valence-electron chi connectivity index (χ1n) is 8.27. The molecular formula is C16H28N2. The molecule has 4 aliphatic carbocycles. The molecule has 1 heterocycles. The summed E-state index contributed by atoms with van der Waals surface area (Å²) in [6, 6.07) is 0.516. The Morgan fingerprint density at radius 3 is 1.94 bits per heavy atom. The van der Waals surface area contributed by atoms with Crippen LogP contribution in [-0.2, 0) is 0 Å². The first-order valence-corrected chi connectivity index (χ1v) is 8.27. The van der Waals surface area contributed by atoms with E-state index in [-0.39, 0.29) is 0 Å². The molecule has 4 saturated carbocycles. The third-order valence-electron chi connectivity index (χ3n) is 6.67. The summed E-state index contributed by atoms with van der Waals surface area (Å²) in [4.78, 5) is 0. The third kappa shape index (κ3) is 1.84. The normalized spacial score (nSPS) is 49.5. The Morgan fingerprint density at radius 2 is 1.39 bits per heavy atom. The lowest BCUT2D eigenvalue weighted by Gasteiger charge is -2.57. The maximum atomic E-state index is 6.75. The van der Waals surface area contributed by atoms with E-state index >= 15 is 0 Å². The Bertz CT molecular complexity index is 280. The third-order valence-corrected chi connectivity index (χ3v) is 6.67. The molecule has 0 aromatic heterocycles. The predicted molar refractivity (Wildman–Crippen MR) is 74.1 cm³/mol. The largest absolute Gasteiger partial charge is 0.327 e. The smallest absolute Gasteiger partial charge is 0.0102 e. The molecule has 1 aliphatic heterocycles. The number of nitrogens with two attached hydrogens (primary N) is 1. The number of piperidine rings is 1. The first kappa shape index (κ1) is 11.7. The number of hydrogen-bond acceptors (Lipinski definition) is 2. The van der Waals surface area contributed by atoms with E-state index in [4.69, 9.17) is 5.73 Å². The summed E-state index contributed by atoms with van der Waals surface area (Å²) in [5, 5.41) is 3.48. The molecule has 3 N–H and O–H groups in total. The molecule has 0 spiro atoms. The van der Waals surface area contributed by atoms with Crippen LogP contribution in [0.3, 0.4) is 0 Å². The van der Waals surface area contributed by atoms with E-state index in [0.717, 1.165) is 35.5 Å². The zero-order chi connectivity index (χ0) is 12.1. The van der Waals surface area contributed by atoms with E-state index in [0.29, 0.717) is 6.04 Å². The van der Waals surface area contributed by atoms with Crippen LogP contribution in [0.2, 0.25) is 0 Å². The van der Waals surface area contributed by atoms with Crippen LogP contribution in [0.4, 0.5) is 0 Å². The van der Waals surface area contributed by atoms with Gasteiger partial charge in [0.15, 0.2) is 0 Å². The molecule has 1 unspecified atom stereocenters. The maximum Gasteiger partial charge on any atom is 0.0102 e. The predicted octanol–water partition coefficient (Wildman–Crippen LogP) is 2.39. The Balaban J connectivity index is 1.50. The summed E-state index contributed by atoms with van der Waals surface area (Å²) in [6.07, 6.45) is 10.3. The highest BCUT2D eigenvalue weighted by Crippen LogP contribution is 2.57. The van der Waals surface area contributed by atoms with Gasteiger partial charge in [-0.1, -0.05) is 0 Å². The molecule has 0 aromatic rings. The molecular weight excluding hydrogens is 220 g/mol. The molecule has 2 nitrogen and oxygen atoms in total. The fourth-order valence-electron chi connectivity index (χ4n) is 6.14. The molecule has 1 saturated heterocycles. The van der Waals surface area contributed by atoms with E-state index in [1.165, 1.54) is 51.6 Å². The second-order valence-electron chi connectivity index (χ2n) is 7.67. The summed E-state index contributed by atoms with van der Waals surface area (Å²) in [7, 11) is 0. The number of nitrogens with one attached hydrogen (secondary N) is 1. The topological polar surface area (TPSA) is 38.0 Å². The van der Waals surface area contributed by atoms with Crippen LogP contribution in [0, 0.1) is 35.5 Å². The van der Waals surface area contributed by atoms with E-state index in [1.807, 2.05) is 0 Å². The van der Waals surface area contributed by atoms with Crippen LogP contribution >= 0.6 is 0 Å². The summed E-state index contributed by atoms with van der Waals surface area (Å²) in [5.74, 6) is 5.89. The van der Waals surface area contributed by atoms with Crippen molar-refractivity contribution in [2.45, 2.75) is 51.0 Å². The van der Waals surface area contributed by atoms with Crippen LogP contribution in [0.1, 0.15) is 44.9 Å². The highest BCUT2D eigenvalue weighted by molar-refractivity contribution is 5.02. The number of hydrogen-bond donors (Lipinski definition) is 2. The molecule has 4 bridgehead atoms. The lowest BCUT2D eigenvalue weighted by atomic mass is 9.49. The van der Waals surface area contributed by atoms with Gasteiger partial charge in [-0.25, -0.2) is 0 Å². The van der Waals surface area contributed by atoms with Crippen LogP contribution < -0.4 is 11.1 Å². The quantitative estimate of drug-likeness (QED) is 0.787. The Labute approximate surface area is 111 Å². The van der Waals surface area contributed by atoms with Crippen LogP contribution in [0.25, 0.3) is 0 Å². The first-order chi connectivity index (χ1) is 8.81. The Morgan fingerprint density at radius 1 is 0.833 bits per heavy atom. The van der Waals surface area contributed by atoms with Gasteiger partial charge in [-0.05, 0) is 93.5 Å². The van der Waals surface area contributed by atoms with Crippen molar-refractivity contribution in [1.29, 1.82) is 0 Å². The van der Waals surface area contributed by atoms with Gasteiger partial charge in [-0.2, -0.15) is 0 Å². The second-order valence-corrected chi connectivity index (χ2v) is 7.67. The van der Waals surface area contributed by atoms with Crippen molar-refractivity contribution in [3.8, 4) is 0 Å². The molecule has 0 amide bonds. The van der Waals surface area contributed by atoms with Gasteiger partial charge in [0, 0.05) is 6.04 Å². The minimum Gasteiger partial charge on any atom is -0.327 e. The van der Waals surface area contributed by atoms with Gasteiger partial charge in [-0.15, -0.1) is 0 Å². The minimum atomic E-state index is 0.516. The molecule has 102 valence electrons. The summed E-state index contributed by atoms with van der Waals surface area (Å²) in [6.45, 7) is 2.40. The van der Waals surface area contributed by atoms with Gasteiger partial charge in [0.05, 0.1) is 0 Å². The van der Waals surface area contributed by atoms with E-state index in [2.05, 4.69) is 5.32 Å². The van der Waals surface area contributed by atoms with Crippen molar-refractivity contribution in [3.05, 3.63) is 0 Å². The SMILES string of the molecule is NC(C1CCNCC1)C1C2CC3CC(C2)CC1C3. The lowest BCUT2D eigenvalue weighted by Crippen LogP contribution is -2.54. The summed E-state index contributed by atoms with van der Waals surface area (Å²) in [5.41, 5.74) is 6.75.